The molecular formula is C18H23NO. The Kier molecular flexibility index (Phi) is 3.51. The van der Waals surface area contributed by atoms with Crippen molar-refractivity contribution in [1.29, 1.82) is 0 Å². The second-order valence-corrected chi connectivity index (χ2v) is 6.89. The van der Waals surface area contributed by atoms with Crippen LogP contribution in [0.5, 0.6) is 0 Å². The highest BCUT2D eigenvalue weighted by molar-refractivity contribution is 5.85. The van der Waals surface area contributed by atoms with Gasteiger partial charge in [0.05, 0.1) is 6.10 Å². The SMILES string of the molecule is CC1(C)CCC(C(O)c2cccc3ccncc23)CC1. The molecule has 0 spiro atoms. The summed E-state index contributed by atoms with van der Waals surface area (Å²) >= 11 is 0. The van der Waals surface area contributed by atoms with Crippen LogP contribution in [0.1, 0.15) is 51.2 Å². The molecule has 1 unspecified atom stereocenters. The minimum atomic E-state index is -0.362. The summed E-state index contributed by atoms with van der Waals surface area (Å²) < 4.78 is 0. The molecule has 1 fully saturated rings. The largest absolute Gasteiger partial charge is 0.388 e. The van der Waals surface area contributed by atoms with E-state index >= 15 is 0 Å². The second kappa shape index (κ2) is 5.17. The first-order valence-electron chi connectivity index (χ1n) is 7.57. The predicted molar refractivity (Wildman–Crippen MR) is 82.4 cm³/mol. The molecule has 106 valence electrons. The molecule has 1 atom stereocenters. The Morgan fingerprint density at radius 3 is 2.70 bits per heavy atom. The van der Waals surface area contributed by atoms with Crippen molar-refractivity contribution in [1.82, 2.24) is 4.98 Å². The topological polar surface area (TPSA) is 33.1 Å². The Bertz CT molecular complexity index is 590. The van der Waals surface area contributed by atoms with Crippen molar-refractivity contribution < 1.29 is 5.11 Å². The van der Waals surface area contributed by atoms with Gasteiger partial charge in [0, 0.05) is 17.8 Å². The van der Waals surface area contributed by atoms with E-state index in [2.05, 4.69) is 31.0 Å². The van der Waals surface area contributed by atoms with Gasteiger partial charge in [0.1, 0.15) is 0 Å². The third-order valence-electron chi connectivity index (χ3n) is 4.87. The molecule has 3 rings (SSSR count). The maximum absolute atomic E-state index is 10.8. The molecule has 0 radical (unpaired) electrons. The number of aliphatic hydroxyl groups is 1. The van der Waals surface area contributed by atoms with Crippen molar-refractivity contribution in [2.24, 2.45) is 11.3 Å². The van der Waals surface area contributed by atoms with Crippen LogP contribution in [0.3, 0.4) is 0 Å². The molecule has 0 saturated heterocycles. The molecule has 1 aliphatic rings. The van der Waals surface area contributed by atoms with E-state index in [1.54, 1.807) is 0 Å². The number of rotatable bonds is 2. The Balaban J connectivity index is 1.88. The molecule has 20 heavy (non-hydrogen) atoms. The van der Waals surface area contributed by atoms with Gasteiger partial charge in [0.2, 0.25) is 0 Å². The number of aromatic nitrogens is 1. The summed E-state index contributed by atoms with van der Waals surface area (Å²) in [6, 6.07) is 8.18. The smallest absolute Gasteiger partial charge is 0.0824 e. The van der Waals surface area contributed by atoms with Gasteiger partial charge in [-0.05, 0) is 54.0 Å². The summed E-state index contributed by atoms with van der Waals surface area (Å²) in [5.41, 5.74) is 1.48. The van der Waals surface area contributed by atoms with E-state index in [1.807, 2.05) is 24.5 Å². The van der Waals surface area contributed by atoms with Crippen LogP contribution in [0.2, 0.25) is 0 Å². The van der Waals surface area contributed by atoms with Crippen molar-refractivity contribution in [3.63, 3.8) is 0 Å². The van der Waals surface area contributed by atoms with E-state index in [-0.39, 0.29) is 6.10 Å². The first-order chi connectivity index (χ1) is 9.57. The van der Waals surface area contributed by atoms with Gasteiger partial charge in [-0.1, -0.05) is 32.0 Å². The van der Waals surface area contributed by atoms with Crippen LogP contribution in [0.25, 0.3) is 10.8 Å². The van der Waals surface area contributed by atoms with Gasteiger partial charge >= 0.3 is 0 Å². The molecule has 1 heterocycles. The third-order valence-corrected chi connectivity index (χ3v) is 4.87. The van der Waals surface area contributed by atoms with Crippen LogP contribution in [0, 0.1) is 11.3 Å². The minimum Gasteiger partial charge on any atom is -0.388 e. The first-order valence-corrected chi connectivity index (χ1v) is 7.57. The van der Waals surface area contributed by atoms with Gasteiger partial charge in [0.15, 0.2) is 0 Å². The van der Waals surface area contributed by atoms with Crippen molar-refractivity contribution in [3.8, 4) is 0 Å². The molecule has 2 heteroatoms. The van der Waals surface area contributed by atoms with Gasteiger partial charge in [-0.3, -0.25) is 4.98 Å². The number of nitrogens with zero attached hydrogens (tertiary/aromatic N) is 1. The van der Waals surface area contributed by atoms with Crippen LogP contribution in [0.4, 0.5) is 0 Å². The minimum absolute atomic E-state index is 0.362. The number of pyridine rings is 1. The van der Waals surface area contributed by atoms with Gasteiger partial charge < -0.3 is 5.11 Å². The molecule has 1 aromatic carbocycles. The lowest BCUT2D eigenvalue weighted by atomic mass is 9.70. The fourth-order valence-electron chi connectivity index (χ4n) is 3.39. The first kappa shape index (κ1) is 13.6. The van der Waals surface area contributed by atoms with Crippen molar-refractivity contribution in [2.75, 3.05) is 0 Å². The fraction of sp³-hybridized carbons (Fsp3) is 0.500. The highest BCUT2D eigenvalue weighted by Crippen LogP contribution is 2.43. The molecular weight excluding hydrogens is 246 g/mol. The maximum Gasteiger partial charge on any atom is 0.0824 e. The summed E-state index contributed by atoms with van der Waals surface area (Å²) in [6.45, 7) is 4.66. The van der Waals surface area contributed by atoms with Crippen LogP contribution in [0.15, 0.2) is 36.7 Å². The molecule has 0 aliphatic heterocycles. The van der Waals surface area contributed by atoms with Crippen LogP contribution in [-0.4, -0.2) is 10.1 Å². The van der Waals surface area contributed by atoms with Gasteiger partial charge in [-0.15, -0.1) is 0 Å². The zero-order chi connectivity index (χ0) is 14.2. The lowest BCUT2D eigenvalue weighted by Crippen LogP contribution is -2.25. The Hall–Kier alpha value is -1.41. The standard InChI is InChI=1S/C18H23NO/c1-18(2)9-6-14(7-10-18)17(20)15-5-3-4-13-8-11-19-12-16(13)15/h3-5,8,11-12,14,17,20H,6-7,9-10H2,1-2H3. The van der Waals surface area contributed by atoms with Crippen molar-refractivity contribution in [3.05, 3.63) is 42.2 Å². The van der Waals surface area contributed by atoms with E-state index < -0.39 is 0 Å². The lowest BCUT2D eigenvalue weighted by molar-refractivity contribution is 0.0577. The van der Waals surface area contributed by atoms with E-state index in [9.17, 15) is 5.11 Å². The summed E-state index contributed by atoms with van der Waals surface area (Å²) in [6.07, 6.45) is 7.96. The molecule has 0 amide bonds. The fourth-order valence-corrected chi connectivity index (χ4v) is 3.39. The van der Waals surface area contributed by atoms with Crippen LogP contribution in [-0.2, 0) is 0 Å². The zero-order valence-electron chi connectivity index (χ0n) is 12.3. The van der Waals surface area contributed by atoms with Crippen molar-refractivity contribution >= 4 is 10.8 Å². The second-order valence-electron chi connectivity index (χ2n) is 6.89. The van der Waals surface area contributed by atoms with Gasteiger partial charge in [0.25, 0.3) is 0 Å². The zero-order valence-corrected chi connectivity index (χ0v) is 12.3. The number of benzene rings is 1. The molecule has 1 aromatic heterocycles. The molecule has 2 aromatic rings. The summed E-state index contributed by atoms with van der Waals surface area (Å²) in [4.78, 5) is 4.21. The predicted octanol–water partition coefficient (Wildman–Crippen LogP) is 4.48. The monoisotopic (exact) mass is 269 g/mol. The molecule has 0 bridgehead atoms. The molecule has 1 aliphatic carbocycles. The average Bonchev–Trinajstić information content (AvgIpc) is 2.46. The Labute approximate surface area is 120 Å². The summed E-state index contributed by atoms with van der Waals surface area (Å²) in [5.74, 6) is 0.383. The molecule has 1 saturated carbocycles. The summed E-state index contributed by atoms with van der Waals surface area (Å²) in [7, 11) is 0. The van der Waals surface area contributed by atoms with E-state index in [1.165, 1.54) is 12.8 Å². The van der Waals surface area contributed by atoms with E-state index in [0.29, 0.717) is 11.3 Å². The van der Waals surface area contributed by atoms with E-state index in [4.69, 9.17) is 0 Å². The van der Waals surface area contributed by atoms with Gasteiger partial charge in [-0.25, -0.2) is 0 Å². The number of hydrogen-bond donors (Lipinski definition) is 1. The third kappa shape index (κ3) is 2.57. The lowest BCUT2D eigenvalue weighted by Gasteiger charge is -2.36. The number of hydrogen-bond acceptors (Lipinski definition) is 2. The Morgan fingerprint density at radius 1 is 1.20 bits per heavy atom. The number of fused-ring (bicyclic) bond motifs is 1. The summed E-state index contributed by atoms with van der Waals surface area (Å²) in [5, 5.41) is 13.0. The molecule has 1 N–H and O–H groups in total. The van der Waals surface area contributed by atoms with Crippen LogP contribution < -0.4 is 0 Å². The quantitative estimate of drug-likeness (QED) is 0.871. The van der Waals surface area contributed by atoms with Crippen LogP contribution >= 0.6 is 0 Å². The van der Waals surface area contributed by atoms with Gasteiger partial charge in [-0.2, -0.15) is 0 Å². The van der Waals surface area contributed by atoms with E-state index in [0.717, 1.165) is 29.2 Å². The highest BCUT2D eigenvalue weighted by Gasteiger charge is 2.31. The number of aliphatic hydroxyl groups excluding tert-OH is 1. The Morgan fingerprint density at radius 2 is 1.95 bits per heavy atom. The normalized spacial score (nSPS) is 20.9. The average molecular weight is 269 g/mol. The van der Waals surface area contributed by atoms with Crippen molar-refractivity contribution in [2.45, 2.75) is 45.6 Å². The maximum atomic E-state index is 10.8. The molecule has 2 nitrogen and oxygen atoms in total. The highest BCUT2D eigenvalue weighted by atomic mass is 16.3.